The van der Waals surface area contributed by atoms with Crippen molar-refractivity contribution >= 4 is 27.6 Å². The van der Waals surface area contributed by atoms with Crippen molar-refractivity contribution in [1.29, 1.82) is 0 Å². The molecule has 0 aliphatic carbocycles. The molecule has 0 saturated carbocycles. The molecule has 17 heavy (non-hydrogen) atoms. The van der Waals surface area contributed by atoms with Crippen molar-refractivity contribution in [3.8, 4) is 0 Å². The van der Waals surface area contributed by atoms with Gasteiger partial charge >= 0.3 is 0 Å². The number of anilines is 1. The van der Waals surface area contributed by atoms with E-state index in [1.54, 1.807) is 0 Å². The zero-order valence-corrected chi connectivity index (χ0v) is 11.8. The molecule has 0 bridgehead atoms. The zero-order chi connectivity index (χ0) is 12.7. The van der Waals surface area contributed by atoms with E-state index in [4.69, 9.17) is 5.84 Å². The molecule has 0 saturated heterocycles. The van der Waals surface area contributed by atoms with Gasteiger partial charge in [-0.3, -0.25) is 10.4 Å². The highest BCUT2D eigenvalue weighted by Crippen LogP contribution is 2.23. The third kappa shape index (κ3) is 4.75. The number of rotatable bonds is 4. The van der Waals surface area contributed by atoms with Gasteiger partial charge in [0.05, 0.1) is 5.69 Å². The molecule has 0 aliphatic heterocycles. The Labute approximate surface area is 111 Å². The summed E-state index contributed by atoms with van der Waals surface area (Å²) >= 11 is 3.50. The van der Waals surface area contributed by atoms with Gasteiger partial charge in [0, 0.05) is 11.0 Å². The number of nitrogens with one attached hydrogen (secondary N) is 2. The molecule has 0 spiro atoms. The maximum atomic E-state index is 5.42. The maximum Gasteiger partial charge on any atom is 0.210 e. The van der Waals surface area contributed by atoms with Crippen LogP contribution in [0.5, 0.6) is 0 Å². The number of aryl methyl sites for hydroxylation is 1. The van der Waals surface area contributed by atoms with Crippen LogP contribution in [0.2, 0.25) is 0 Å². The average Bonchev–Trinajstić information content (AvgIpc) is 2.31. The van der Waals surface area contributed by atoms with E-state index in [0.717, 1.165) is 29.5 Å². The molecule has 0 atom stereocenters. The molecule has 0 fully saturated rings. The van der Waals surface area contributed by atoms with Gasteiger partial charge in [-0.25, -0.2) is 5.84 Å². The Morgan fingerprint density at radius 1 is 1.47 bits per heavy atom. The van der Waals surface area contributed by atoms with Crippen LogP contribution >= 0.6 is 15.9 Å². The zero-order valence-electron chi connectivity index (χ0n) is 10.3. The molecule has 1 aromatic carbocycles. The van der Waals surface area contributed by atoms with Crippen LogP contribution in [0.3, 0.4) is 0 Å². The second-order valence-electron chi connectivity index (χ2n) is 3.84. The standard InChI is InChI=1S/C12H19BrN4/c1-3-4-7-15-12(17-14)16-11-6-5-9(2)8-10(11)13/h5-6,8H,3-4,7,14H2,1-2H3,(H2,15,16,17). The predicted molar refractivity (Wildman–Crippen MR) is 77.0 cm³/mol. The number of guanidine groups is 1. The lowest BCUT2D eigenvalue weighted by Crippen LogP contribution is -2.36. The van der Waals surface area contributed by atoms with E-state index in [1.165, 1.54) is 5.56 Å². The normalized spacial score (nSPS) is 11.4. The van der Waals surface area contributed by atoms with Crippen molar-refractivity contribution in [2.24, 2.45) is 10.8 Å². The summed E-state index contributed by atoms with van der Waals surface area (Å²) in [5, 5.41) is 3.15. The average molecular weight is 299 g/mol. The summed E-state index contributed by atoms with van der Waals surface area (Å²) in [7, 11) is 0. The Hall–Kier alpha value is -1.07. The van der Waals surface area contributed by atoms with E-state index < -0.39 is 0 Å². The molecule has 5 heteroatoms. The Kier molecular flexibility index (Phi) is 6.00. The van der Waals surface area contributed by atoms with E-state index in [9.17, 15) is 0 Å². The molecular weight excluding hydrogens is 280 g/mol. The first-order valence-electron chi connectivity index (χ1n) is 5.71. The maximum absolute atomic E-state index is 5.42. The molecule has 0 heterocycles. The van der Waals surface area contributed by atoms with Crippen molar-refractivity contribution < 1.29 is 0 Å². The number of hydrazine groups is 1. The van der Waals surface area contributed by atoms with Gasteiger partial charge in [0.1, 0.15) is 0 Å². The van der Waals surface area contributed by atoms with Gasteiger partial charge in [0.15, 0.2) is 0 Å². The van der Waals surface area contributed by atoms with Gasteiger partial charge in [0.25, 0.3) is 0 Å². The number of hydrogen-bond acceptors (Lipinski definition) is 2. The van der Waals surface area contributed by atoms with Crippen LogP contribution in [0.25, 0.3) is 0 Å². The molecule has 0 aliphatic rings. The molecule has 4 nitrogen and oxygen atoms in total. The highest BCUT2D eigenvalue weighted by molar-refractivity contribution is 9.10. The minimum absolute atomic E-state index is 0.586. The largest absolute Gasteiger partial charge is 0.324 e. The molecule has 0 amide bonds. The van der Waals surface area contributed by atoms with Gasteiger partial charge in [-0.1, -0.05) is 19.4 Å². The first-order valence-corrected chi connectivity index (χ1v) is 6.51. The van der Waals surface area contributed by atoms with E-state index in [-0.39, 0.29) is 0 Å². The van der Waals surface area contributed by atoms with Crippen molar-refractivity contribution in [2.75, 3.05) is 11.9 Å². The Morgan fingerprint density at radius 2 is 2.24 bits per heavy atom. The lowest BCUT2D eigenvalue weighted by molar-refractivity contribution is 0.801. The number of aliphatic imine (C=N–C) groups is 1. The summed E-state index contributed by atoms with van der Waals surface area (Å²) in [5.74, 6) is 6.01. The molecule has 4 N–H and O–H groups in total. The summed E-state index contributed by atoms with van der Waals surface area (Å²) in [5.41, 5.74) is 4.72. The monoisotopic (exact) mass is 298 g/mol. The van der Waals surface area contributed by atoms with Crippen LogP contribution in [-0.2, 0) is 0 Å². The molecule has 0 aromatic heterocycles. The van der Waals surface area contributed by atoms with E-state index in [1.807, 2.05) is 25.1 Å². The Balaban J connectivity index is 2.70. The van der Waals surface area contributed by atoms with Crippen molar-refractivity contribution in [3.05, 3.63) is 28.2 Å². The van der Waals surface area contributed by atoms with Crippen molar-refractivity contribution in [3.63, 3.8) is 0 Å². The second kappa shape index (κ2) is 7.29. The summed E-state index contributed by atoms with van der Waals surface area (Å²) in [6, 6.07) is 6.07. The van der Waals surface area contributed by atoms with Gasteiger partial charge in [-0.15, -0.1) is 0 Å². The van der Waals surface area contributed by atoms with Gasteiger partial charge < -0.3 is 5.32 Å². The third-order valence-corrected chi connectivity index (χ3v) is 2.95. The fraction of sp³-hybridized carbons (Fsp3) is 0.417. The van der Waals surface area contributed by atoms with Crippen LogP contribution in [0.4, 0.5) is 5.69 Å². The lowest BCUT2D eigenvalue weighted by atomic mass is 10.2. The highest BCUT2D eigenvalue weighted by atomic mass is 79.9. The minimum atomic E-state index is 0.586. The summed E-state index contributed by atoms with van der Waals surface area (Å²) in [4.78, 5) is 4.34. The van der Waals surface area contributed by atoms with Gasteiger partial charge in [-0.2, -0.15) is 0 Å². The molecule has 94 valence electrons. The number of nitrogens with zero attached hydrogens (tertiary/aromatic N) is 1. The second-order valence-corrected chi connectivity index (χ2v) is 4.69. The minimum Gasteiger partial charge on any atom is -0.324 e. The van der Waals surface area contributed by atoms with Crippen LogP contribution < -0.4 is 16.6 Å². The summed E-state index contributed by atoms with van der Waals surface area (Å²) < 4.78 is 0.996. The van der Waals surface area contributed by atoms with E-state index in [0.29, 0.717) is 5.96 Å². The fourth-order valence-electron chi connectivity index (χ4n) is 1.32. The Bertz CT molecular complexity index is 390. The lowest BCUT2D eigenvalue weighted by Gasteiger charge is -2.11. The fourth-order valence-corrected chi connectivity index (χ4v) is 1.91. The van der Waals surface area contributed by atoms with Gasteiger partial charge in [-0.05, 0) is 47.0 Å². The van der Waals surface area contributed by atoms with Gasteiger partial charge in [0.2, 0.25) is 5.96 Å². The third-order valence-electron chi connectivity index (χ3n) is 2.30. The van der Waals surface area contributed by atoms with Crippen LogP contribution in [0.1, 0.15) is 25.3 Å². The first kappa shape index (κ1) is 14.0. The number of halogens is 1. The van der Waals surface area contributed by atoms with Crippen molar-refractivity contribution in [2.45, 2.75) is 26.7 Å². The number of hydrogen-bond donors (Lipinski definition) is 3. The quantitative estimate of drug-likeness (QED) is 0.263. The van der Waals surface area contributed by atoms with E-state index >= 15 is 0 Å². The van der Waals surface area contributed by atoms with Crippen LogP contribution in [0, 0.1) is 6.92 Å². The molecule has 1 rings (SSSR count). The predicted octanol–water partition coefficient (Wildman–Crippen LogP) is 2.79. The number of unbranched alkanes of at least 4 members (excludes halogenated alkanes) is 1. The Morgan fingerprint density at radius 3 is 2.82 bits per heavy atom. The first-order chi connectivity index (χ1) is 8.17. The topological polar surface area (TPSA) is 62.4 Å². The molecule has 0 radical (unpaired) electrons. The number of benzene rings is 1. The summed E-state index contributed by atoms with van der Waals surface area (Å²) in [6.45, 7) is 4.95. The van der Waals surface area contributed by atoms with Crippen LogP contribution in [-0.4, -0.2) is 12.5 Å². The van der Waals surface area contributed by atoms with Crippen molar-refractivity contribution in [1.82, 2.24) is 5.43 Å². The molecule has 1 aromatic rings. The smallest absolute Gasteiger partial charge is 0.210 e. The number of nitrogens with two attached hydrogens (primary N) is 1. The molecular formula is C12H19BrN4. The van der Waals surface area contributed by atoms with Crippen LogP contribution in [0.15, 0.2) is 27.7 Å². The molecule has 0 unspecified atom stereocenters. The van der Waals surface area contributed by atoms with E-state index in [2.05, 4.69) is 38.6 Å². The highest BCUT2D eigenvalue weighted by Gasteiger charge is 2.02. The SMILES string of the molecule is CCCCN=C(NN)Nc1ccc(C)cc1Br. The summed E-state index contributed by atoms with van der Waals surface area (Å²) in [6.07, 6.45) is 2.18.